The fraction of sp³-hybridized carbons (Fsp3) is 0.556. The van der Waals surface area contributed by atoms with Gasteiger partial charge in [0.25, 0.3) is 0 Å². The SMILES string of the molecule is CCNC(=NCCCCC(=O)OC)NCCc1ccc(OC)cc1Cl. The highest BCUT2D eigenvalue weighted by molar-refractivity contribution is 6.31. The summed E-state index contributed by atoms with van der Waals surface area (Å²) in [6, 6.07) is 5.69. The third kappa shape index (κ3) is 8.63. The molecule has 7 heteroatoms. The van der Waals surface area contributed by atoms with Gasteiger partial charge in [-0.2, -0.15) is 0 Å². The number of unbranched alkanes of at least 4 members (excludes halogenated alkanes) is 1. The molecule has 25 heavy (non-hydrogen) atoms. The van der Waals surface area contributed by atoms with Crippen LogP contribution in [-0.2, 0) is 16.0 Å². The van der Waals surface area contributed by atoms with Crippen molar-refractivity contribution in [1.29, 1.82) is 0 Å². The van der Waals surface area contributed by atoms with E-state index in [1.54, 1.807) is 7.11 Å². The minimum atomic E-state index is -0.176. The number of esters is 1. The van der Waals surface area contributed by atoms with Crippen LogP contribution in [0.25, 0.3) is 0 Å². The average Bonchev–Trinajstić information content (AvgIpc) is 2.62. The summed E-state index contributed by atoms with van der Waals surface area (Å²) in [5, 5.41) is 7.20. The van der Waals surface area contributed by atoms with Crippen LogP contribution in [0.5, 0.6) is 5.75 Å². The lowest BCUT2D eigenvalue weighted by Crippen LogP contribution is -2.38. The zero-order chi connectivity index (χ0) is 18.5. The summed E-state index contributed by atoms with van der Waals surface area (Å²) >= 11 is 6.25. The molecule has 0 saturated heterocycles. The number of guanidine groups is 1. The van der Waals surface area contributed by atoms with Crippen molar-refractivity contribution < 1.29 is 14.3 Å². The topological polar surface area (TPSA) is 72.0 Å². The molecule has 0 heterocycles. The monoisotopic (exact) mass is 369 g/mol. The molecule has 2 N–H and O–H groups in total. The van der Waals surface area contributed by atoms with E-state index in [9.17, 15) is 4.79 Å². The second-order valence-electron chi connectivity index (χ2n) is 5.43. The number of benzene rings is 1. The van der Waals surface area contributed by atoms with E-state index in [1.807, 2.05) is 25.1 Å². The quantitative estimate of drug-likeness (QED) is 0.287. The van der Waals surface area contributed by atoms with Crippen LogP contribution in [0.4, 0.5) is 0 Å². The molecule has 0 aliphatic carbocycles. The van der Waals surface area contributed by atoms with Crippen molar-refractivity contribution in [2.45, 2.75) is 32.6 Å². The lowest BCUT2D eigenvalue weighted by molar-refractivity contribution is -0.140. The number of methoxy groups -OCH3 is 2. The summed E-state index contributed by atoms with van der Waals surface area (Å²) in [6.45, 7) is 4.20. The molecule has 0 aliphatic rings. The zero-order valence-corrected chi connectivity index (χ0v) is 16.0. The molecule has 0 fully saturated rings. The van der Waals surface area contributed by atoms with E-state index in [2.05, 4.69) is 20.4 Å². The number of hydrogen-bond acceptors (Lipinski definition) is 4. The minimum Gasteiger partial charge on any atom is -0.497 e. The summed E-state index contributed by atoms with van der Waals surface area (Å²) in [6.07, 6.45) is 2.84. The van der Waals surface area contributed by atoms with Crippen molar-refractivity contribution in [3.8, 4) is 5.75 Å². The molecule has 140 valence electrons. The van der Waals surface area contributed by atoms with E-state index in [1.165, 1.54) is 7.11 Å². The van der Waals surface area contributed by atoms with Crippen LogP contribution in [0, 0.1) is 0 Å². The highest BCUT2D eigenvalue weighted by atomic mass is 35.5. The first-order valence-electron chi connectivity index (χ1n) is 8.52. The first kappa shape index (κ1) is 21.1. The Balaban J connectivity index is 2.39. The summed E-state index contributed by atoms with van der Waals surface area (Å²) in [7, 11) is 3.03. The van der Waals surface area contributed by atoms with Gasteiger partial charge >= 0.3 is 5.97 Å². The molecular formula is C18H28ClN3O3. The van der Waals surface area contributed by atoms with E-state index in [4.69, 9.17) is 16.3 Å². The molecule has 0 aliphatic heterocycles. The Morgan fingerprint density at radius 1 is 1.24 bits per heavy atom. The third-order valence-electron chi connectivity index (χ3n) is 3.58. The van der Waals surface area contributed by atoms with Crippen molar-refractivity contribution in [3.05, 3.63) is 28.8 Å². The van der Waals surface area contributed by atoms with Crippen molar-refractivity contribution in [1.82, 2.24) is 10.6 Å². The lowest BCUT2D eigenvalue weighted by Gasteiger charge is -2.12. The Hall–Kier alpha value is -1.95. The van der Waals surface area contributed by atoms with Crippen LogP contribution >= 0.6 is 11.6 Å². The molecule has 0 saturated carbocycles. The molecule has 1 aromatic rings. The van der Waals surface area contributed by atoms with E-state index >= 15 is 0 Å². The minimum absolute atomic E-state index is 0.176. The first-order valence-corrected chi connectivity index (χ1v) is 8.90. The maximum Gasteiger partial charge on any atom is 0.305 e. The predicted molar refractivity (Wildman–Crippen MR) is 102 cm³/mol. The van der Waals surface area contributed by atoms with Crippen LogP contribution in [0.1, 0.15) is 31.7 Å². The molecule has 0 unspecified atom stereocenters. The van der Waals surface area contributed by atoms with Gasteiger partial charge in [-0.25, -0.2) is 0 Å². The molecule has 0 radical (unpaired) electrons. The Labute approximate surface area is 154 Å². The van der Waals surface area contributed by atoms with Gasteiger partial charge < -0.3 is 20.1 Å². The second-order valence-corrected chi connectivity index (χ2v) is 5.84. The molecule has 0 aromatic heterocycles. The number of nitrogens with zero attached hydrogens (tertiary/aromatic N) is 1. The number of carbonyl (C=O) groups is 1. The standard InChI is InChI=1S/C18H28ClN3O3/c1-4-20-18(21-11-6-5-7-17(23)25-3)22-12-10-14-8-9-15(24-2)13-16(14)19/h8-9,13H,4-7,10-12H2,1-3H3,(H2,20,21,22). The Bertz CT molecular complexity index is 564. The molecule has 0 spiro atoms. The number of halogens is 1. The Morgan fingerprint density at radius 3 is 2.68 bits per heavy atom. The van der Waals surface area contributed by atoms with E-state index < -0.39 is 0 Å². The normalized spacial score (nSPS) is 11.1. The number of aliphatic imine (C=N–C) groups is 1. The van der Waals surface area contributed by atoms with Gasteiger partial charge in [0.15, 0.2) is 5.96 Å². The molecule has 1 aromatic carbocycles. The second kappa shape index (κ2) is 12.4. The van der Waals surface area contributed by atoms with Gasteiger partial charge in [0.2, 0.25) is 0 Å². The number of rotatable bonds is 10. The van der Waals surface area contributed by atoms with Gasteiger partial charge in [0, 0.05) is 31.1 Å². The number of ether oxygens (including phenoxy) is 2. The summed E-state index contributed by atoms with van der Waals surface area (Å²) < 4.78 is 9.77. The van der Waals surface area contributed by atoms with Gasteiger partial charge in [-0.3, -0.25) is 9.79 Å². The number of carbonyl (C=O) groups excluding carboxylic acids is 1. The van der Waals surface area contributed by atoms with Crippen LogP contribution in [-0.4, -0.2) is 45.8 Å². The lowest BCUT2D eigenvalue weighted by atomic mass is 10.1. The van der Waals surface area contributed by atoms with Crippen LogP contribution in [0.3, 0.4) is 0 Å². The summed E-state index contributed by atoms with van der Waals surface area (Å²) in [5.74, 6) is 1.35. The number of hydrogen-bond donors (Lipinski definition) is 2. The molecule has 0 bridgehead atoms. The van der Waals surface area contributed by atoms with Crippen LogP contribution < -0.4 is 15.4 Å². The first-order chi connectivity index (χ1) is 12.1. The maximum absolute atomic E-state index is 11.1. The fourth-order valence-electron chi connectivity index (χ4n) is 2.19. The highest BCUT2D eigenvalue weighted by Crippen LogP contribution is 2.22. The van der Waals surface area contributed by atoms with Gasteiger partial charge in [0.05, 0.1) is 14.2 Å². The number of nitrogens with one attached hydrogen (secondary N) is 2. The smallest absolute Gasteiger partial charge is 0.305 e. The van der Waals surface area contributed by atoms with Gasteiger partial charge in [-0.05, 0) is 43.9 Å². The predicted octanol–water partition coefficient (Wildman–Crippen LogP) is 2.79. The summed E-state index contributed by atoms with van der Waals surface area (Å²) in [5.41, 5.74) is 1.06. The van der Waals surface area contributed by atoms with E-state index in [0.29, 0.717) is 18.0 Å². The van der Waals surface area contributed by atoms with Crippen molar-refractivity contribution in [2.75, 3.05) is 33.9 Å². The molecular weight excluding hydrogens is 342 g/mol. The van der Waals surface area contributed by atoms with E-state index in [-0.39, 0.29) is 5.97 Å². The molecule has 0 amide bonds. The summed E-state index contributed by atoms with van der Waals surface area (Å²) in [4.78, 5) is 15.6. The Kier molecular flexibility index (Phi) is 10.5. The highest BCUT2D eigenvalue weighted by Gasteiger charge is 2.04. The Morgan fingerprint density at radius 2 is 2.04 bits per heavy atom. The van der Waals surface area contributed by atoms with Crippen molar-refractivity contribution in [3.63, 3.8) is 0 Å². The fourth-order valence-corrected chi connectivity index (χ4v) is 2.45. The molecule has 1 rings (SSSR count). The van der Waals surface area contributed by atoms with E-state index in [0.717, 1.165) is 49.6 Å². The average molecular weight is 370 g/mol. The van der Waals surface area contributed by atoms with Crippen molar-refractivity contribution in [2.24, 2.45) is 4.99 Å². The van der Waals surface area contributed by atoms with Gasteiger partial charge in [-0.15, -0.1) is 0 Å². The van der Waals surface area contributed by atoms with Crippen LogP contribution in [0.2, 0.25) is 5.02 Å². The van der Waals surface area contributed by atoms with Crippen molar-refractivity contribution >= 4 is 23.5 Å². The molecule has 0 atom stereocenters. The molecule has 6 nitrogen and oxygen atoms in total. The van der Waals surface area contributed by atoms with Gasteiger partial charge in [0.1, 0.15) is 5.75 Å². The van der Waals surface area contributed by atoms with Crippen LogP contribution in [0.15, 0.2) is 23.2 Å². The maximum atomic E-state index is 11.1. The zero-order valence-electron chi connectivity index (χ0n) is 15.2. The third-order valence-corrected chi connectivity index (χ3v) is 3.93. The van der Waals surface area contributed by atoms with Gasteiger partial charge in [-0.1, -0.05) is 17.7 Å². The largest absolute Gasteiger partial charge is 0.497 e.